The molecule has 18 heavy (non-hydrogen) atoms. The molecule has 1 aliphatic carbocycles. The minimum absolute atomic E-state index is 0.0375. The summed E-state index contributed by atoms with van der Waals surface area (Å²) < 4.78 is 0. The van der Waals surface area contributed by atoms with Crippen LogP contribution in [0.15, 0.2) is 16.8 Å². The second-order valence-electron chi connectivity index (χ2n) is 5.30. The number of unbranched alkanes of at least 4 members (excludes halogenated alkanes) is 1. The van der Waals surface area contributed by atoms with Crippen molar-refractivity contribution in [1.29, 1.82) is 0 Å². The van der Waals surface area contributed by atoms with Crippen LogP contribution in [0.3, 0.4) is 0 Å². The molecule has 1 N–H and O–H groups in total. The van der Waals surface area contributed by atoms with E-state index in [0.717, 1.165) is 19.3 Å². The lowest BCUT2D eigenvalue weighted by atomic mass is 10.1. The molecule has 4 heteroatoms. The smallest absolute Gasteiger partial charge is 0.241 e. The first-order valence-corrected chi connectivity index (χ1v) is 7.86. The van der Waals surface area contributed by atoms with Gasteiger partial charge >= 0.3 is 0 Å². The van der Waals surface area contributed by atoms with Gasteiger partial charge in [-0.15, -0.1) is 0 Å². The van der Waals surface area contributed by atoms with Gasteiger partial charge in [0.1, 0.15) is 6.17 Å². The van der Waals surface area contributed by atoms with Gasteiger partial charge in [-0.2, -0.15) is 11.3 Å². The maximum Gasteiger partial charge on any atom is 0.241 e. The Hall–Kier alpha value is -0.870. The minimum Gasteiger partial charge on any atom is -0.319 e. The van der Waals surface area contributed by atoms with Crippen LogP contribution in [0, 0.1) is 0 Å². The van der Waals surface area contributed by atoms with Crippen molar-refractivity contribution in [2.24, 2.45) is 0 Å². The molecule has 0 bridgehead atoms. The van der Waals surface area contributed by atoms with Crippen LogP contribution in [0.25, 0.3) is 0 Å². The van der Waals surface area contributed by atoms with Crippen molar-refractivity contribution in [2.75, 3.05) is 0 Å². The quantitative estimate of drug-likeness (QED) is 0.887. The highest BCUT2D eigenvalue weighted by Gasteiger charge is 2.46. The molecule has 1 saturated carbocycles. The molecule has 0 spiro atoms. The van der Waals surface area contributed by atoms with Gasteiger partial charge in [0.15, 0.2) is 0 Å². The second-order valence-corrected chi connectivity index (χ2v) is 6.08. The first kappa shape index (κ1) is 12.2. The molecule has 98 valence electrons. The van der Waals surface area contributed by atoms with Crippen molar-refractivity contribution in [3.8, 4) is 0 Å². The Labute approximate surface area is 112 Å². The third-order valence-corrected chi connectivity index (χ3v) is 4.54. The molecular weight excluding hydrogens is 244 g/mol. The van der Waals surface area contributed by atoms with E-state index in [-0.39, 0.29) is 12.2 Å². The lowest BCUT2D eigenvalue weighted by Gasteiger charge is -2.23. The molecule has 1 amide bonds. The molecule has 2 fully saturated rings. The van der Waals surface area contributed by atoms with Gasteiger partial charge in [-0.05, 0) is 41.7 Å². The van der Waals surface area contributed by atoms with E-state index in [2.05, 4.69) is 34.0 Å². The zero-order valence-corrected chi connectivity index (χ0v) is 11.6. The number of nitrogens with one attached hydrogen (secondary N) is 1. The molecule has 3 rings (SSSR count). The van der Waals surface area contributed by atoms with Crippen LogP contribution in [0.1, 0.15) is 50.8 Å². The van der Waals surface area contributed by atoms with Crippen LogP contribution in [-0.2, 0) is 4.79 Å². The Morgan fingerprint density at radius 3 is 2.94 bits per heavy atom. The van der Waals surface area contributed by atoms with Crippen LogP contribution in [-0.4, -0.2) is 22.9 Å². The van der Waals surface area contributed by atoms with Crippen molar-refractivity contribution in [2.45, 2.75) is 57.3 Å². The number of thiophene rings is 1. The van der Waals surface area contributed by atoms with E-state index >= 15 is 0 Å². The summed E-state index contributed by atoms with van der Waals surface area (Å²) in [5.74, 6) is 0.321. The highest BCUT2D eigenvalue weighted by molar-refractivity contribution is 7.07. The van der Waals surface area contributed by atoms with Crippen molar-refractivity contribution < 1.29 is 4.79 Å². The van der Waals surface area contributed by atoms with Gasteiger partial charge in [0.05, 0.1) is 6.04 Å². The first-order valence-electron chi connectivity index (χ1n) is 6.91. The molecule has 1 saturated heterocycles. The molecule has 1 aromatic heterocycles. The van der Waals surface area contributed by atoms with Crippen LogP contribution >= 0.6 is 11.3 Å². The van der Waals surface area contributed by atoms with Gasteiger partial charge in [-0.3, -0.25) is 10.1 Å². The van der Waals surface area contributed by atoms with Crippen LogP contribution in [0.4, 0.5) is 0 Å². The lowest BCUT2D eigenvalue weighted by molar-refractivity contribution is -0.130. The largest absolute Gasteiger partial charge is 0.319 e. The summed E-state index contributed by atoms with van der Waals surface area (Å²) in [6.07, 6.45) is 5.72. The topological polar surface area (TPSA) is 32.3 Å². The SMILES string of the molecule is CCCCC1NC(c2ccsc2)N(C2CC2)C1=O. The summed E-state index contributed by atoms with van der Waals surface area (Å²) >= 11 is 1.70. The highest BCUT2D eigenvalue weighted by atomic mass is 32.1. The van der Waals surface area contributed by atoms with Gasteiger partial charge in [-0.1, -0.05) is 19.8 Å². The Bertz CT molecular complexity index is 413. The van der Waals surface area contributed by atoms with Crippen LogP contribution in [0.5, 0.6) is 0 Å². The normalized spacial score (nSPS) is 28.1. The zero-order chi connectivity index (χ0) is 12.5. The summed E-state index contributed by atoms with van der Waals surface area (Å²) in [6.45, 7) is 2.18. The second kappa shape index (κ2) is 5.02. The molecule has 2 unspecified atom stereocenters. The van der Waals surface area contributed by atoms with E-state index in [4.69, 9.17) is 0 Å². The van der Waals surface area contributed by atoms with Crippen molar-refractivity contribution in [3.05, 3.63) is 22.4 Å². The minimum atomic E-state index is 0.0375. The van der Waals surface area contributed by atoms with Crippen molar-refractivity contribution in [1.82, 2.24) is 10.2 Å². The molecule has 2 heterocycles. The van der Waals surface area contributed by atoms with Crippen molar-refractivity contribution >= 4 is 17.2 Å². The molecule has 1 aliphatic heterocycles. The summed E-state index contributed by atoms with van der Waals surface area (Å²) in [6, 6.07) is 2.66. The van der Waals surface area contributed by atoms with E-state index in [0.29, 0.717) is 11.9 Å². The van der Waals surface area contributed by atoms with E-state index in [1.54, 1.807) is 11.3 Å². The summed E-state index contributed by atoms with van der Waals surface area (Å²) in [4.78, 5) is 14.6. The summed E-state index contributed by atoms with van der Waals surface area (Å²) in [7, 11) is 0. The van der Waals surface area contributed by atoms with E-state index < -0.39 is 0 Å². The Morgan fingerprint density at radius 1 is 1.50 bits per heavy atom. The number of hydrogen-bond acceptors (Lipinski definition) is 3. The third kappa shape index (κ3) is 2.19. The van der Waals surface area contributed by atoms with E-state index in [1.807, 2.05) is 0 Å². The monoisotopic (exact) mass is 264 g/mol. The number of carbonyl (C=O) groups excluding carboxylic acids is 1. The molecule has 3 nitrogen and oxygen atoms in total. The maximum atomic E-state index is 12.5. The molecule has 2 aliphatic rings. The summed E-state index contributed by atoms with van der Waals surface area (Å²) in [5.41, 5.74) is 1.25. The number of nitrogens with zero attached hydrogens (tertiary/aromatic N) is 1. The molecule has 0 aromatic carbocycles. The predicted octanol–water partition coefficient (Wildman–Crippen LogP) is 2.90. The first-order chi connectivity index (χ1) is 8.81. The van der Waals surface area contributed by atoms with E-state index in [1.165, 1.54) is 18.4 Å². The fraction of sp³-hybridized carbons (Fsp3) is 0.643. The van der Waals surface area contributed by atoms with Crippen LogP contribution < -0.4 is 5.32 Å². The fourth-order valence-corrected chi connectivity index (χ4v) is 3.37. The number of carbonyl (C=O) groups is 1. The van der Waals surface area contributed by atoms with Crippen LogP contribution in [0.2, 0.25) is 0 Å². The average Bonchev–Trinajstić information content (AvgIpc) is 2.95. The Kier molecular flexibility index (Phi) is 3.39. The maximum absolute atomic E-state index is 12.5. The van der Waals surface area contributed by atoms with Gasteiger partial charge in [-0.25, -0.2) is 0 Å². The number of amides is 1. The van der Waals surface area contributed by atoms with Gasteiger partial charge in [0, 0.05) is 6.04 Å². The molecule has 1 aromatic rings. The standard InChI is InChI=1S/C14H20N2OS/c1-2-3-4-12-14(17)16(11-5-6-11)13(15-12)10-7-8-18-9-10/h7-9,11-13,15H,2-6H2,1H3. The Balaban J connectivity index is 1.78. The highest BCUT2D eigenvalue weighted by Crippen LogP contribution is 2.38. The zero-order valence-electron chi connectivity index (χ0n) is 10.8. The fourth-order valence-electron chi connectivity index (χ4n) is 2.70. The lowest BCUT2D eigenvalue weighted by Crippen LogP contribution is -2.32. The summed E-state index contributed by atoms with van der Waals surface area (Å²) in [5, 5.41) is 7.78. The van der Waals surface area contributed by atoms with Gasteiger partial charge in [0.25, 0.3) is 0 Å². The number of hydrogen-bond donors (Lipinski definition) is 1. The number of rotatable bonds is 5. The van der Waals surface area contributed by atoms with Gasteiger partial charge < -0.3 is 4.90 Å². The van der Waals surface area contributed by atoms with E-state index in [9.17, 15) is 4.79 Å². The van der Waals surface area contributed by atoms with Gasteiger partial charge in [0.2, 0.25) is 5.91 Å². The Morgan fingerprint density at radius 2 is 2.33 bits per heavy atom. The predicted molar refractivity (Wildman–Crippen MR) is 73.4 cm³/mol. The van der Waals surface area contributed by atoms with Crippen molar-refractivity contribution in [3.63, 3.8) is 0 Å². The third-order valence-electron chi connectivity index (χ3n) is 3.84. The molecule has 2 atom stereocenters. The average molecular weight is 264 g/mol. The molecule has 0 radical (unpaired) electrons. The molecular formula is C14H20N2OS.